The molecule has 0 saturated heterocycles. The van der Waals surface area contributed by atoms with E-state index in [2.05, 4.69) is 10.4 Å². The van der Waals surface area contributed by atoms with Gasteiger partial charge in [-0.15, -0.1) is 0 Å². The first-order chi connectivity index (χ1) is 13.9. The first-order valence-electron chi connectivity index (χ1n) is 10.3. The lowest BCUT2D eigenvalue weighted by Crippen LogP contribution is -2.29. The van der Waals surface area contributed by atoms with Crippen LogP contribution in [0.4, 0.5) is 0 Å². The summed E-state index contributed by atoms with van der Waals surface area (Å²) in [5.41, 5.74) is 1.94. The number of nitrogens with zero attached hydrogens (tertiary/aromatic N) is 3. The molecule has 0 atom stereocenters. The zero-order chi connectivity index (χ0) is 21.0. The van der Waals surface area contributed by atoms with Crippen molar-refractivity contribution >= 4 is 22.5 Å². The molecule has 0 spiro atoms. The Morgan fingerprint density at radius 1 is 1.28 bits per heavy atom. The van der Waals surface area contributed by atoms with Gasteiger partial charge in [0, 0.05) is 44.7 Å². The third-order valence-electron chi connectivity index (χ3n) is 4.75. The molecule has 0 aliphatic carbocycles. The topological polar surface area (TPSA) is 90.8 Å². The standard InChI is InChI=1S/C21H30N4O4/c1-5-19-23-24(10-6-8-20(26)22-9-7-11-28-14(2)3)21(27)17-13-18-16(25(17)19)12-15(4)29-18/h12-14H,5-11H2,1-4H3,(H,22,26). The molecule has 158 valence electrons. The van der Waals surface area contributed by atoms with Crippen LogP contribution in [0.25, 0.3) is 16.6 Å². The van der Waals surface area contributed by atoms with Gasteiger partial charge in [-0.05, 0) is 33.6 Å². The van der Waals surface area contributed by atoms with Crippen molar-refractivity contribution in [3.05, 3.63) is 34.1 Å². The summed E-state index contributed by atoms with van der Waals surface area (Å²) >= 11 is 0. The Balaban J connectivity index is 1.61. The fraction of sp³-hybridized carbons (Fsp3) is 0.571. The van der Waals surface area contributed by atoms with Gasteiger partial charge in [-0.25, -0.2) is 4.68 Å². The lowest BCUT2D eigenvalue weighted by Gasteiger charge is -2.10. The van der Waals surface area contributed by atoms with Crippen LogP contribution in [0.2, 0.25) is 0 Å². The molecule has 0 fully saturated rings. The molecule has 0 saturated carbocycles. The number of carbonyl (C=O) groups excluding carboxylic acids is 1. The van der Waals surface area contributed by atoms with E-state index in [4.69, 9.17) is 9.15 Å². The van der Waals surface area contributed by atoms with Crippen molar-refractivity contribution in [1.29, 1.82) is 0 Å². The number of rotatable bonds is 10. The Hall–Kier alpha value is -2.61. The first-order valence-corrected chi connectivity index (χ1v) is 10.3. The van der Waals surface area contributed by atoms with E-state index in [-0.39, 0.29) is 17.6 Å². The molecule has 0 aliphatic rings. The lowest BCUT2D eigenvalue weighted by atomic mass is 10.3. The largest absolute Gasteiger partial charge is 0.460 e. The molecule has 3 aromatic rings. The third kappa shape index (κ3) is 4.87. The highest BCUT2D eigenvalue weighted by Gasteiger charge is 2.16. The minimum Gasteiger partial charge on any atom is -0.460 e. The monoisotopic (exact) mass is 402 g/mol. The summed E-state index contributed by atoms with van der Waals surface area (Å²) in [5.74, 6) is 1.58. The maximum Gasteiger partial charge on any atom is 0.291 e. The van der Waals surface area contributed by atoms with Crippen LogP contribution in [0.3, 0.4) is 0 Å². The number of ether oxygens (including phenoxy) is 1. The number of nitrogens with one attached hydrogen (secondary N) is 1. The Morgan fingerprint density at radius 2 is 2.07 bits per heavy atom. The van der Waals surface area contributed by atoms with Crippen LogP contribution in [-0.4, -0.2) is 39.3 Å². The molecule has 0 aromatic carbocycles. The van der Waals surface area contributed by atoms with Crippen molar-refractivity contribution in [2.45, 2.75) is 66.0 Å². The van der Waals surface area contributed by atoms with E-state index in [0.29, 0.717) is 50.1 Å². The number of amides is 1. The van der Waals surface area contributed by atoms with E-state index in [1.807, 2.05) is 38.2 Å². The second-order valence-electron chi connectivity index (χ2n) is 7.50. The normalized spacial score (nSPS) is 11.8. The van der Waals surface area contributed by atoms with Gasteiger partial charge < -0.3 is 14.5 Å². The van der Waals surface area contributed by atoms with Crippen LogP contribution in [0.15, 0.2) is 21.3 Å². The Kier molecular flexibility index (Phi) is 6.74. The summed E-state index contributed by atoms with van der Waals surface area (Å²) in [5, 5.41) is 7.41. The zero-order valence-electron chi connectivity index (χ0n) is 17.7. The van der Waals surface area contributed by atoms with Gasteiger partial charge in [-0.3, -0.25) is 14.0 Å². The molecule has 0 bridgehead atoms. The third-order valence-corrected chi connectivity index (χ3v) is 4.75. The van der Waals surface area contributed by atoms with Crippen LogP contribution in [0.5, 0.6) is 0 Å². The van der Waals surface area contributed by atoms with Crippen LogP contribution < -0.4 is 10.9 Å². The van der Waals surface area contributed by atoms with Crippen molar-refractivity contribution in [2.24, 2.45) is 0 Å². The van der Waals surface area contributed by atoms with Gasteiger partial charge >= 0.3 is 0 Å². The Bertz CT molecular complexity index is 1040. The van der Waals surface area contributed by atoms with Crippen LogP contribution >= 0.6 is 0 Å². The summed E-state index contributed by atoms with van der Waals surface area (Å²) < 4.78 is 14.5. The summed E-state index contributed by atoms with van der Waals surface area (Å²) in [4.78, 5) is 24.8. The summed E-state index contributed by atoms with van der Waals surface area (Å²) in [6.07, 6.45) is 2.58. The number of fused-ring (bicyclic) bond motifs is 3. The molecule has 29 heavy (non-hydrogen) atoms. The average Bonchev–Trinajstić information content (AvgIpc) is 3.19. The summed E-state index contributed by atoms with van der Waals surface area (Å²) in [6.45, 7) is 9.50. The number of furan rings is 1. The van der Waals surface area contributed by atoms with E-state index in [9.17, 15) is 9.59 Å². The van der Waals surface area contributed by atoms with Gasteiger partial charge in [0.05, 0.1) is 11.6 Å². The summed E-state index contributed by atoms with van der Waals surface area (Å²) in [6, 6.07) is 3.69. The quantitative estimate of drug-likeness (QED) is 0.527. The number of carbonyl (C=O) groups is 1. The first kappa shape index (κ1) is 21.1. The van der Waals surface area contributed by atoms with Gasteiger partial charge in [0.1, 0.15) is 17.1 Å². The van der Waals surface area contributed by atoms with Gasteiger partial charge in [0.15, 0.2) is 5.58 Å². The predicted octanol–water partition coefficient (Wildman–Crippen LogP) is 2.82. The highest BCUT2D eigenvalue weighted by atomic mass is 16.5. The highest BCUT2D eigenvalue weighted by molar-refractivity contribution is 5.83. The van der Waals surface area contributed by atoms with E-state index in [0.717, 1.165) is 23.5 Å². The van der Waals surface area contributed by atoms with Crippen molar-refractivity contribution in [2.75, 3.05) is 13.2 Å². The highest BCUT2D eigenvalue weighted by Crippen LogP contribution is 2.23. The Labute approximate surface area is 169 Å². The molecule has 0 radical (unpaired) electrons. The van der Waals surface area contributed by atoms with Crippen molar-refractivity contribution in [3.8, 4) is 0 Å². The van der Waals surface area contributed by atoms with Gasteiger partial charge in [-0.2, -0.15) is 5.10 Å². The van der Waals surface area contributed by atoms with Crippen molar-refractivity contribution in [3.63, 3.8) is 0 Å². The van der Waals surface area contributed by atoms with Crippen LogP contribution in [0, 0.1) is 6.92 Å². The number of hydrogen-bond donors (Lipinski definition) is 1. The molecule has 3 heterocycles. The van der Waals surface area contributed by atoms with E-state index < -0.39 is 0 Å². The Morgan fingerprint density at radius 3 is 2.79 bits per heavy atom. The molecule has 8 heteroatoms. The molecular formula is C21H30N4O4. The fourth-order valence-electron chi connectivity index (χ4n) is 3.39. The minimum atomic E-state index is -0.169. The SMILES string of the molecule is CCc1nn(CCCC(=O)NCCCOC(C)C)c(=O)c2cc3oc(C)cc3n12. The second kappa shape index (κ2) is 9.26. The molecule has 0 aliphatic heterocycles. The van der Waals surface area contributed by atoms with Gasteiger partial charge in [0.2, 0.25) is 5.91 Å². The average molecular weight is 402 g/mol. The van der Waals surface area contributed by atoms with Crippen molar-refractivity contribution in [1.82, 2.24) is 19.5 Å². The predicted molar refractivity (Wildman–Crippen MR) is 111 cm³/mol. The molecule has 1 amide bonds. The number of hydrogen-bond acceptors (Lipinski definition) is 5. The molecule has 3 rings (SSSR count). The molecule has 8 nitrogen and oxygen atoms in total. The second-order valence-corrected chi connectivity index (χ2v) is 7.50. The van der Waals surface area contributed by atoms with Gasteiger partial charge in [0.25, 0.3) is 5.56 Å². The molecule has 1 N–H and O–H groups in total. The van der Waals surface area contributed by atoms with E-state index in [1.165, 1.54) is 4.68 Å². The fourth-order valence-corrected chi connectivity index (χ4v) is 3.39. The maximum atomic E-state index is 12.8. The summed E-state index contributed by atoms with van der Waals surface area (Å²) in [7, 11) is 0. The molecule has 0 unspecified atom stereocenters. The number of aryl methyl sites for hydroxylation is 3. The smallest absolute Gasteiger partial charge is 0.291 e. The van der Waals surface area contributed by atoms with E-state index >= 15 is 0 Å². The van der Waals surface area contributed by atoms with E-state index in [1.54, 1.807) is 6.07 Å². The minimum absolute atomic E-state index is 0.0185. The van der Waals surface area contributed by atoms with Crippen LogP contribution in [-0.2, 0) is 22.5 Å². The van der Waals surface area contributed by atoms with Gasteiger partial charge in [-0.1, -0.05) is 6.92 Å². The molecular weight excluding hydrogens is 372 g/mol. The number of aromatic nitrogens is 3. The molecule has 3 aromatic heterocycles. The van der Waals surface area contributed by atoms with Crippen molar-refractivity contribution < 1.29 is 13.9 Å². The lowest BCUT2D eigenvalue weighted by molar-refractivity contribution is -0.121. The van der Waals surface area contributed by atoms with Crippen LogP contribution in [0.1, 0.15) is 51.6 Å². The zero-order valence-corrected chi connectivity index (χ0v) is 17.7. The maximum absolute atomic E-state index is 12.8.